The molecule has 2 heterocycles. The third-order valence-electron chi connectivity index (χ3n) is 4.34. The van der Waals surface area contributed by atoms with Gasteiger partial charge in [0.25, 0.3) is 5.91 Å². The fraction of sp³-hybridized carbons (Fsp3) is 0.412. The van der Waals surface area contributed by atoms with Gasteiger partial charge in [0.15, 0.2) is 0 Å². The van der Waals surface area contributed by atoms with Crippen LogP contribution in [0, 0.1) is 0 Å². The highest BCUT2D eigenvalue weighted by Gasteiger charge is 2.28. The highest BCUT2D eigenvalue weighted by Crippen LogP contribution is 2.24. The van der Waals surface area contributed by atoms with Gasteiger partial charge in [-0.2, -0.15) is 0 Å². The van der Waals surface area contributed by atoms with Crippen molar-refractivity contribution in [3.63, 3.8) is 0 Å². The van der Waals surface area contributed by atoms with Gasteiger partial charge in [-0.1, -0.05) is 18.2 Å². The molecule has 1 saturated heterocycles. The predicted octanol–water partition coefficient (Wildman–Crippen LogP) is 3.03. The number of rotatable bonds is 4. The quantitative estimate of drug-likeness (QED) is 0.911. The smallest absolute Gasteiger partial charge is 0.303 e. The number of benzene rings is 1. The SMILES string of the molecule is O=C(O)CCC1CCCCN1C(=O)c1cc2ccccc2[nH]1. The summed E-state index contributed by atoms with van der Waals surface area (Å²) in [4.78, 5) is 28.6. The van der Waals surface area contributed by atoms with Crippen LogP contribution in [0.4, 0.5) is 0 Å². The van der Waals surface area contributed by atoms with Crippen LogP contribution in [0.15, 0.2) is 30.3 Å². The largest absolute Gasteiger partial charge is 0.481 e. The number of nitrogens with zero attached hydrogens (tertiary/aromatic N) is 1. The summed E-state index contributed by atoms with van der Waals surface area (Å²) in [6, 6.07) is 9.71. The number of carbonyl (C=O) groups is 2. The van der Waals surface area contributed by atoms with Crippen molar-refractivity contribution in [2.45, 2.75) is 38.1 Å². The maximum Gasteiger partial charge on any atom is 0.303 e. The van der Waals surface area contributed by atoms with Crippen molar-refractivity contribution >= 4 is 22.8 Å². The average molecular weight is 300 g/mol. The molecule has 1 aliphatic rings. The molecule has 0 radical (unpaired) electrons. The number of piperidine rings is 1. The van der Waals surface area contributed by atoms with E-state index in [0.717, 1.165) is 30.2 Å². The van der Waals surface area contributed by atoms with Crippen LogP contribution in [-0.2, 0) is 4.79 Å². The van der Waals surface area contributed by atoms with Crippen molar-refractivity contribution in [2.75, 3.05) is 6.54 Å². The normalized spacial score (nSPS) is 18.5. The molecule has 22 heavy (non-hydrogen) atoms. The van der Waals surface area contributed by atoms with Crippen LogP contribution in [0.5, 0.6) is 0 Å². The minimum atomic E-state index is -0.802. The topological polar surface area (TPSA) is 73.4 Å². The molecule has 0 spiro atoms. The van der Waals surface area contributed by atoms with Gasteiger partial charge in [0.2, 0.25) is 0 Å². The Morgan fingerprint density at radius 1 is 1.27 bits per heavy atom. The van der Waals surface area contributed by atoms with E-state index in [4.69, 9.17) is 5.11 Å². The summed E-state index contributed by atoms with van der Waals surface area (Å²) in [7, 11) is 0. The zero-order chi connectivity index (χ0) is 15.5. The summed E-state index contributed by atoms with van der Waals surface area (Å²) in [5, 5.41) is 9.89. The van der Waals surface area contributed by atoms with Gasteiger partial charge in [-0.05, 0) is 37.8 Å². The monoisotopic (exact) mass is 300 g/mol. The van der Waals surface area contributed by atoms with E-state index in [1.165, 1.54) is 0 Å². The number of amides is 1. The Labute approximate surface area is 128 Å². The minimum Gasteiger partial charge on any atom is -0.481 e. The molecule has 1 aromatic carbocycles. The standard InChI is InChI=1S/C17H20N2O3/c20-16(21)9-8-13-6-3-4-10-19(13)17(22)15-11-12-5-1-2-7-14(12)18-15/h1-2,5,7,11,13,18H,3-4,6,8-10H2,(H,20,21). The van der Waals surface area contributed by atoms with Gasteiger partial charge in [-0.15, -0.1) is 0 Å². The van der Waals surface area contributed by atoms with Crippen LogP contribution in [0.3, 0.4) is 0 Å². The molecule has 0 bridgehead atoms. The van der Waals surface area contributed by atoms with E-state index in [-0.39, 0.29) is 18.4 Å². The fourth-order valence-corrected chi connectivity index (χ4v) is 3.20. The maximum atomic E-state index is 12.8. The zero-order valence-electron chi connectivity index (χ0n) is 12.4. The van der Waals surface area contributed by atoms with Crippen molar-refractivity contribution in [1.29, 1.82) is 0 Å². The van der Waals surface area contributed by atoms with Crippen LogP contribution < -0.4 is 0 Å². The number of para-hydroxylation sites is 1. The molecule has 116 valence electrons. The van der Waals surface area contributed by atoms with Crippen molar-refractivity contribution in [2.24, 2.45) is 0 Å². The second-order valence-corrected chi connectivity index (χ2v) is 5.85. The van der Waals surface area contributed by atoms with E-state index in [0.29, 0.717) is 18.7 Å². The van der Waals surface area contributed by atoms with Crippen molar-refractivity contribution < 1.29 is 14.7 Å². The number of nitrogens with one attached hydrogen (secondary N) is 1. The van der Waals surface area contributed by atoms with Crippen LogP contribution in [0.1, 0.15) is 42.6 Å². The number of aliphatic carboxylic acids is 1. The van der Waals surface area contributed by atoms with Crippen molar-refractivity contribution in [1.82, 2.24) is 9.88 Å². The molecular weight excluding hydrogens is 280 g/mol. The van der Waals surface area contributed by atoms with Gasteiger partial charge in [0.05, 0.1) is 0 Å². The minimum absolute atomic E-state index is 0.0220. The molecule has 0 saturated carbocycles. The lowest BCUT2D eigenvalue weighted by atomic mass is 9.97. The predicted molar refractivity (Wildman–Crippen MR) is 83.8 cm³/mol. The Hall–Kier alpha value is -2.30. The lowest BCUT2D eigenvalue weighted by Crippen LogP contribution is -2.44. The Morgan fingerprint density at radius 2 is 2.09 bits per heavy atom. The highest BCUT2D eigenvalue weighted by atomic mass is 16.4. The lowest BCUT2D eigenvalue weighted by molar-refractivity contribution is -0.137. The fourth-order valence-electron chi connectivity index (χ4n) is 3.20. The molecule has 2 aromatic rings. The van der Waals surface area contributed by atoms with Crippen LogP contribution in [0.25, 0.3) is 10.9 Å². The molecule has 1 aromatic heterocycles. The molecule has 1 fully saturated rings. The Kier molecular flexibility index (Phi) is 4.13. The number of likely N-dealkylation sites (tertiary alicyclic amines) is 1. The summed E-state index contributed by atoms with van der Waals surface area (Å²) >= 11 is 0. The molecule has 5 nitrogen and oxygen atoms in total. The number of carboxylic acids is 1. The highest BCUT2D eigenvalue weighted by molar-refractivity contribution is 5.98. The van der Waals surface area contributed by atoms with E-state index in [9.17, 15) is 9.59 Å². The van der Waals surface area contributed by atoms with Crippen LogP contribution >= 0.6 is 0 Å². The first kappa shape index (κ1) is 14.6. The molecule has 1 unspecified atom stereocenters. The lowest BCUT2D eigenvalue weighted by Gasteiger charge is -2.35. The first-order valence-electron chi connectivity index (χ1n) is 7.75. The number of carbonyl (C=O) groups excluding carboxylic acids is 1. The number of fused-ring (bicyclic) bond motifs is 1. The number of aromatic nitrogens is 1. The van der Waals surface area contributed by atoms with E-state index < -0.39 is 5.97 Å². The molecule has 0 aliphatic carbocycles. The Balaban J connectivity index is 1.80. The van der Waals surface area contributed by atoms with Gasteiger partial charge in [0.1, 0.15) is 5.69 Å². The average Bonchev–Trinajstić information content (AvgIpc) is 2.96. The molecule has 2 N–H and O–H groups in total. The number of hydrogen-bond donors (Lipinski definition) is 2. The number of aromatic amines is 1. The van der Waals surface area contributed by atoms with Crippen molar-refractivity contribution in [3.8, 4) is 0 Å². The van der Waals surface area contributed by atoms with E-state index in [2.05, 4.69) is 4.98 Å². The van der Waals surface area contributed by atoms with E-state index in [1.54, 1.807) is 0 Å². The maximum absolute atomic E-state index is 12.8. The number of carboxylic acid groups (broad SMARTS) is 1. The molecule has 1 aliphatic heterocycles. The molecule has 5 heteroatoms. The Bertz CT molecular complexity index is 659. The van der Waals surface area contributed by atoms with Crippen molar-refractivity contribution in [3.05, 3.63) is 36.0 Å². The van der Waals surface area contributed by atoms with Gasteiger partial charge in [0, 0.05) is 29.9 Å². The van der Waals surface area contributed by atoms with Crippen LogP contribution in [0.2, 0.25) is 0 Å². The second kappa shape index (κ2) is 6.22. The van der Waals surface area contributed by atoms with Crippen LogP contribution in [-0.4, -0.2) is 39.5 Å². The summed E-state index contributed by atoms with van der Waals surface area (Å²) in [5.41, 5.74) is 1.54. The molecule has 1 amide bonds. The molecule has 1 atom stereocenters. The first-order valence-corrected chi connectivity index (χ1v) is 7.75. The van der Waals surface area contributed by atoms with Gasteiger partial charge in [-0.25, -0.2) is 0 Å². The summed E-state index contributed by atoms with van der Waals surface area (Å²) < 4.78 is 0. The summed E-state index contributed by atoms with van der Waals surface area (Å²) in [5.74, 6) is -0.824. The summed E-state index contributed by atoms with van der Waals surface area (Å²) in [6.07, 6.45) is 3.57. The van der Waals surface area contributed by atoms with E-state index >= 15 is 0 Å². The third-order valence-corrected chi connectivity index (χ3v) is 4.34. The Morgan fingerprint density at radius 3 is 2.86 bits per heavy atom. The summed E-state index contributed by atoms with van der Waals surface area (Å²) in [6.45, 7) is 0.707. The number of hydrogen-bond acceptors (Lipinski definition) is 2. The van der Waals surface area contributed by atoms with Gasteiger partial charge >= 0.3 is 5.97 Å². The number of H-pyrrole nitrogens is 1. The first-order chi connectivity index (χ1) is 10.6. The second-order valence-electron chi connectivity index (χ2n) is 5.85. The van der Waals surface area contributed by atoms with E-state index in [1.807, 2.05) is 35.2 Å². The molecular formula is C17H20N2O3. The third kappa shape index (κ3) is 2.98. The van der Waals surface area contributed by atoms with Gasteiger partial charge < -0.3 is 15.0 Å². The zero-order valence-corrected chi connectivity index (χ0v) is 12.4. The molecule has 3 rings (SSSR count). The van der Waals surface area contributed by atoms with Gasteiger partial charge in [-0.3, -0.25) is 9.59 Å².